The number of nitrogens with zero attached hydrogens (tertiary/aromatic N) is 2. The molecule has 2 atom stereocenters. The maximum Gasteiger partial charge on any atom is 0.201 e. The van der Waals surface area contributed by atoms with E-state index in [9.17, 15) is 0 Å². The second kappa shape index (κ2) is 2.75. The molecule has 0 spiro atoms. The second-order valence-electron chi connectivity index (χ2n) is 4.56. The number of hydrogen-bond acceptors (Lipinski definition) is 2. The van der Waals surface area contributed by atoms with Gasteiger partial charge in [0.1, 0.15) is 0 Å². The number of aromatic nitrogens is 2. The average Bonchev–Trinajstić information content (AvgIpc) is 2.78. The fourth-order valence-electron chi connectivity index (χ4n) is 2.29. The van der Waals surface area contributed by atoms with E-state index in [0.29, 0.717) is 12.0 Å². The minimum absolute atomic E-state index is 0.566. The van der Waals surface area contributed by atoms with E-state index >= 15 is 0 Å². The first-order valence-electron chi connectivity index (χ1n) is 5.41. The molecule has 2 N–H and O–H groups in total. The normalized spacial score (nSPS) is 24.7. The zero-order valence-electron chi connectivity index (χ0n) is 9.07. The van der Waals surface area contributed by atoms with Crippen LogP contribution in [-0.2, 0) is 0 Å². The van der Waals surface area contributed by atoms with Crippen LogP contribution in [0.15, 0.2) is 18.2 Å². The van der Waals surface area contributed by atoms with Gasteiger partial charge in [0.25, 0.3) is 0 Å². The Morgan fingerprint density at radius 3 is 2.87 bits per heavy atom. The second-order valence-corrected chi connectivity index (χ2v) is 4.56. The number of rotatable bonds is 1. The van der Waals surface area contributed by atoms with E-state index in [2.05, 4.69) is 41.6 Å². The molecule has 78 valence electrons. The van der Waals surface area contributed by atoms with Gasteiger partial charge in [-0.25, -0.2) is 4.98 Å². The molecule has 3 nitrogen and oxygen atoms in total. The van der Waals surface area contributed by atoms with Gasteiger partial charge in [0.2, 0.25) is 5.95 Å². The molecule has 0 amide bonds. The van der Waals surface area contributed by atoms with Crippen LogP contribution in [0.4, 0.5) is 5.95 Å². The smallest absolute Gasteiger partial charge is 0.201 e. The Hall–Kier alpha value is -1.51. The minimum Gasteiger partial charge on any atom is -0.369 e. The third kappa shape index (κ3) is 1.16. The molecule has 2 aromatic rings. The number of anilines is 1. The first kappa shape index (κ1) is 8.77. The van der Waals surface area contributed by atoms with Crippen molar-refractivity contribution in [1.29, 1.82) is 0 Å². The summed E-state index contributed by atoms with van der Waals surface area (Å²) in [6.45, 7) is 4.33. The predicted octanol–water partition coefficient (Wildman–Crippen LogP) is 2.51. The maximum atomic E-state index is 5.98. The van der Waals surface area contributed by atoms with E-state index < -0.39 is 0 Å². The Bertz CT molecular complexity index is 527. The van der Waals surface area contributed by atoms with E-state index in [1.54, 1.807) is 0 Å². The van der Waals surface area contributed by atoms with Crippen LogP contribution in [-0.4, -0.2) is 9.55 Å². The van der Waals surface area contributed by atoms with Crippen LogP contribution in [0.25, 0.3) is 11.0 Å². The zero-order chi connectivity index (χ0) is 10.6. The van der Waals surface area contributed by atoms with Gasteiger partial charge in [-0.15, -0.1) is 0 Å². The van der Waals surface area contributed by atoms with Crippen molar-refractivity contribution in [3.05, 3.63) is 23.8 Å². The highest BCUT2D eigenvalue weighted by Gasteiger charge is 2.36. The van der Waals surface area contributed by atoms with Crippen molar-refractivity contribution in [3.63, 3.8) is 0 Å². The molecule has 1 aromatic carbocycles. The van der Waals surface area contributed by atoms with Gasteiger partial charge >= 0.3 is 0 Å². The number of nitrogen functional groups attached to an aromatic ring is 1. The molecule has 1 saturated carbocycles. The standard InChI is InChI=1S/C12H15N3/c1-7-4-3-5-9-11(7)14-12(13)15(9)10-6-8(10)2/h3-5,8,10H,6H2,1-2H3,(H2,13,14). The third-order valence-corrected chi connectivity index (χ3v) is 3.35. The third-order valence-electron chi connectivity index (χ3n) is 3.35. The summed E-state index contributed by atoms with van der Waals surface area (Å²) < 4.78 is 2.19. The number of nitrogens with two attached hydrogens (primary N) is 1. The van der Waals surface area contributed by atoms with Gasteiger partial charge in [-0.2, -0.15) is 0 Å². The summed E-state index contributed by atoms with van der Waals surface area (Å²) in [7, 11) is 0. The largest absolute Gasteiger partial charge is 0.369 e. The van der Waals surface area contributed by atoms with Crippen molar-refractivity contribution in [2.75, 3.05) is 5.73 Å². The van der Waals surface area contributed by atoms with E-state index in [0.717, 1.165) is 11.4 Å². The van der Waals surface area contributed by atoms with E-state index in [-0.39, 0.29) is 0 Å². The summed E-state index contributed by atoms with van der Waals surface area (Å²) in [4.78, 5) is 4.45. The number of imidazole rings is 1. The predicted molar refractivity (Wildman–Crippen MR) is 61.7 cm³/mol. The van der Waals surface area contributed by atoms with Crippen LogP contribution in [0.5, 0.6) is 0 Å². The van der Waals surface area contributed by atoms with Crippen LogP contribution in [0.2, 0.25) is 0 Å². The van der Waals surface area contributed by atoms with E-state index in [4.69, 9.17) is 5.73 Å². The van der Waals surface area contributed by atoms with Gasteiger partial charge < -0.3 is 10.3 Å². The van der Waals surface area contributed by atoms with Gasteiger partial charge in [0.15, 0.2) is 0 Å². The molecule has 3 rings (SSSR count). The minimum atomic E-state index is 0.566. The van der Waals surface area contributed by atoms with Crippen molar-refractivity contribution in [3.8, 4) is 0 Å². The first-order chi connectivity index (χ1) is 7.18. The molecule has 1 heterocycles. The highest BCUT2D eigenvalue weighted by atomic mass is 15.2. The topological polar surface area (TPSA) is 43.8 Å². The summed E-state index contributed by atoms with van der Waals surface area (Å²) in [6, 6.07) is 6.82. The lowest BCUT2D eigenvalue weighted by Crippen LogP contribution is -2.01. The molecule has 15 heavy (non-hydrogen) atoms. The van der Waals surface area contributed by atoms with Gasteiger partial charge in [-0.1, -0.05) is 19.1 Å². The average molecular weight is 201 g/mol. The Morgan fingerprint density at radius 1 is 1.47 bits per heavy atom. The van der Waals surface area contributed by atoms with Crippen LogP contribution < -0.4 is 5.73 Å². The van der Waals surface area contributed by atoms with Crippen molar-refractivity contribution < 1.29 is 0 Å². The summed E-state index contributed by atoms with van der Waals surface area (Å²) in [5, 5.41) is 0. The fraction of sp³-hybridized carbons (Fsp3) is 0.417. The zero-order valence-corrected chi connectivity index (χ0v) is 9.07. The van der Waals surface area contributed by atoms with Crippen molar-refractivity contribution in [2.24, 2.45) is 5.92 Å². The Labute approximate surface area is 88.9 Å². The molecule has 0 saturated heterocycles. The molecule has 0 bridgehead atoms. The lowest BCUT2D eigenvalue weighted by atomic mass is 10.2. The van der Waals surface area contributed by atoms with E-state index in [1.807, 2.05) is 0 Å². The molecule has 1 aliphatic rings. The van der Waals surface area contributed by atoms with Crippen LogP contribution in [0, 0.1) is 12.8 Å². The highest BCUT2D eigenvalue weighted by Crippen LogP contribution is 2.45. The Morgan fingerprint density at radius 2 is 2.20 bits per heavy atom. The van der Waals surface area contributed by atoms with Crippen molar-refractivity contribution in [1.82, 2.24) is 9.55 Å². The van der Waals surface area contributed by atoms with Crippen LogP contribution >= 0.6 is 0 Å². The molecule has 2 unspecified atom stereocenters. The van der Waals surface area contributed by atoms with Gasteiger partial charge in [-0.3, -0.25) is 0 Å². The van der Waals surface area contributed by atoms with Gasteiger partial charge in [0.05, 0.1) is 11.0 Å². The number of aryl methyl sites for hydroxylation is 1. The first-order valence-corrected chi connectivity index (χ1v) is 5.41. The monoisotopic (exact) mass is 201 g/mol. The van der Waals surface area contributed by atoms with E-state index in [1.165, 1.54) is 17.5 Å². The van der Waals surface area contributed by atoms with Gasteiger partial charge in [0, 0.05) is 6.04 Å². The Balaban J connectivity index is 2.29. The summed E-state index contributed by atoms with van der Waals surface area (Å²) >= 11 is 0. The summed E-state index contributed by atoms with van der Waals surface area (Å²) in [6.07, 6.45) is 1.23. The SMILES string of the molecule is Cc1cccc2c1nc(N)n2C1CC1C. The molecular formula is C12H15N3. The summed E-state index contributed by atoms with van der Waals surface area (Å²) in [5.41, 5.74) is 9.41. The quantitative estimate of drug-likeness (QED) is 0.770. The number of benzene rings is 1. The van der Waals surface area contributed by atoms with Crippen molar-refractivity contribution >= 4 is 17.0 Å². The highest BCUT2D eigenvalue weighted by molar-refractivity contribution is 5.81. The number of hydrogen-bond donors (Lipinski definition) is 1. The number of fused-ring (bicyclic) bond motifs is 1. The summed E-state index contributed by atoms with van der Waals surface area (Å²) in [5.74, 6) is 1.40. The van der Waals surface area contributed by atoms with Crippen LogP contribution in [0.1, 0.15) is 24.9 Å². The molecule has 0 radical (unpaired) electrons. The van der Waals surface area contributed by atoms with Crippen LogP contribution in [0.3, 0.4) is 0 Å². The lowest BCUT2D eigenvalue weighted by Gasteiger charge is -2.04. The van der Waals surface area contributed by atoms with Gasteiger partial charge in [-0.05, 0) is 30.9 Å². The lowest BCUT2D eigenvalue weighted by molar-refractivity contribution is 0.715. The molecular weight excluding hydrogens is 186 g/mol. The molecule has 1 fully saturated rings. The molecule has 3 heteroatoms. The fourth-order valence-corrected chi connectivity index (χ4v) is 2.29. The maximum absolute atomic E-state index is 5.98. The Kier molecular flexibility index (Phi) is 1.61. The van der Waals surface area contributed by atoms with Crippen molar-refractivity contribution in [2.45, 2.75) is 26.3 Å². The molecule has 1 aromatic heterocycles. The molecule has 1 aliphatic carbocycles. The molecule has 0 aliphatic heterocycles. The number of para-hydroxylation sites is 1.